The van der Waals surface area contributed by atoms with Crippen LogP contribution in [0, 0.1) is 0 Å². The lowest BCUT2D eigenvalue weighted by molar-refractivity contribution is -0.133. The van der Waals surface area contributed by atoms with Crippen LogP contribution in [0.3, 0.4) is 0 Å². The zero-order chi connectivity index (χ0) is 13.0. The van der Waals surface area contributed by atoms with E-state index in [2.05, 4.69) is 5.32 Å². The molecule has 2 unspecified atom stereocenters. The Balaban J connectivity index is 1.77. The van der Waals surface area contributed by atoms with Gasteiger partial charge < -0.3 is 15.2 Å². The van der Waals surface area contributed by atoms with Crippen molar-refractivity contribution in [1.29, 1.82) is 0 Å². The summed E-state index contributed by atoms with van der Waals surface area (Å²) in [6.45, 7) is 2.37. The Morgan fingerprint density at radius 2 is 1.94 bits per heavy atom. The topological polar surface area (TPSA) is 58.6 Å². The lowest BCUT2D eigenvalue weighted by Crippen LogP contribution is -2.45. The molecule has 0 aromatic heterocycles. The van der Waals surface area contributed by atoms with Gasteiger partial charge in [0.1, 0.15) is 6.10 Å². The molecule has 104 valence electrons. The molecule has 18 heavy (non-hydrogen) atoms. The normalized spacial score (nSPS) is 31.9. The van der Waals surface area contributed by atoms with Crippen LogP contribution in [-0.4, -0.2) is 35.4 Å². The number of rotatable bonds is 3. The van der Waals surface area contributed by atoms with Gasteiger partial charge in [-0.3, -0.25) is 4.79 Å². The number of hydrogen-bond acceptors (Lipinski definition) is 3. The SMILES string of the molecule is CC1CCC(C(=O)NCC2(O)CCCCCC2)O1. The highest BCUT2D eigenvalue weighted by Gasteiger charge is 2.32. The fourth-order valence-corrected chi connectivity index (χ4v) is 2.92. The van der Waals surface area contributed by atoms with E-state index in [1.165, 1.54) is 12.8 Å². The number of hydrogen-bond donors (Lipinski definition) is 2. The van der Waals surface area contributed by atoms with Crippen LogP contribution in [0.25, 0.3) is 0 Å². The summed E-state index contributed by atoms with van der Waals surface area (Å²) in [4.78, 5) is 11.9. The summed E-state index contributed by atoms with van der Waals surface area (Å²) in [7, 11) is 0. The van der Waals surface area contributed by atoms with Gasteiger partial charge in [0.2, 0.25) is 5.91 Å². The van der Waals surface area contributed by atoms with Crippen molar-refractivity contribution in [3.63, 3.8) is 0 Å². The van der Waals surface area contributed by atoms with E-state index in [0.717, 1.165) is 38.5 Å². The third kappa shape index (κ3) is 3.69. The van der Waals surface area contributed by atoms with Crippen LogP contribution >= 0.6 is 0 Å². The molecule has 0 bridgehead atoms. The van der Waals surface area contributed by atoms with E-state index in [0.29, 0.717) is 6.54 Å². The highest BCUT2D eigenvalue weighted by Crippen LogP contribution is 2.26. The van der Waals surface area contributed by atoms with E-state index in [9.17, 15) is 9.90 Å². The summed E-state index contributed by atoms with van der Waals surface area (Å²) < 4.78 is 5.53. The fourth-order valence-electron chi connectivity index (χ4n) is 2.92. The highest BCUT2D eigenvalue weighted by atomic mass is 16.5. The van der Waals surface area contributed by atoms with Crippen LogP contribution in [0.5, 0.6) is 0 Å². The second-order valence-electron chi connectivity index (χ2n) is 5.87. The zero-order valence-corrected chi connectivity index (χ0v) is 11.3. The maximum Gasteiger partial charge on any atom is 0.249 e. The van der Waals surface area contributed by atoms with Crippen LogP contribution in [0.2, 0.25) is 0 Å². The van der Waals surface area contributed by atoms with Crippen LogP contribution in [0.15, 0.2) is 0 Å². The molecule has 0 radical (unpaired) electrons. The third-order valence-electron chi connectivity index (χ3n) is 4.15. The largest absolute Gasteiger partial charge is 0.388 e. The van der Waals surface area contributed by atoms with Gasteiger partial charge in [0, 0.05) is 6.54 Å². The Morgan fingerprint density at radius 3 is 2.50 bits per heavy atom. The molecule has 2 atom stereocenters. The maximum atomic E-state index is 11.9. The predicted octanol–water partition coefficient (Wildman–Crippen LogP) is 1.76. The van der Waals surface area contributed by atoms with Gasteiger partial charge in [-0.05, 0) is 32.6 Å². The van der Waals surface area contributed by atoms with Crippen molar-refractivity contribution in [3.8, 4) is 0 Å². The van der Waals surface area contributed by atoms with Gasteiger partial charge in [0.15, 0.2) is 0 Å². The lowest BCUT2D eigenvalue weighted by Gasteiger charge is -2.27. The first kappa shape index (κ1) is 13.8. The molecule has 0 aromatic carbocycles. The summed E-state index contributed by atoms with van der Waals surface area (Å²) in [5.74, 6) is -0.0583. The molecule has 1 amide bonds. The summed E-state index contributed by atoms with van der Waals surface area (Å²) >= 11 is 0. The number of carbonyl (C=O) groups excluding carboxylic acids is 1. The van der Waals surface area contributed by atoms with Gasteiger partial charge in [-0.25, -0.2) is 0 Å². The van der Waals surface area contributed by atoms with Gasteiger partial charge in [-0.1, -0.05) is 25.7 Å². The highest BCUT2D eigenvalue weighted by molar-refractivity contribution is 5.81. The number of carbonyl (C=O) groups is 1. The summed E-state index contributed by atoms with van der Waals surface area (Å²) in [6.07, 6.45) is 7.72. The Kier molecular flexibility index (Phi) is 4.62. The van der Waals surface area contributed by atoms with E-state index in [1.807, 2.05) is 6.92 Å². The van der Waals surface area contributed by atoms with E-state index >= 15 is 0 Å². The van der Waals surface area contributed by atoms with E-state index < -0.39 is 5.60 Å². The first-order valence-electron chi connectivity index (χ1n) is 7.25. The number of ether oxygens (including phenoxy) is 1. The first-order valence-corrected chi connectivity index (χ1v) is 7.25. The van der Waals surface area contributed by atoms with Crippen LogP contribution in [0.1, 0.15) is 58.3 Å². The average Bonchev–Trinajstić information content (AvgIpc) is 2.66. The fraction of sp³-hybridized carbons (Fsp3) is 0.929. The van der Waals surface area contributed by atoms with Gasteiger partial charge in [0.05, 0.1) is 11.7 Å². The molecule has 1 heterocycles. The Hall–Kier alpha value is -0.610. The van der Waals surface area contributed by atoms with Crippen molar-refractivity contribution in [2.75, 3.05) is 6.54 Å². The maximum absolute atomic E-state index is 11.9. The van der Waals surface area contributed by atoms with Crippen molar-refractivity contribution in [2.45, 2.75) is 76.1 Å². The van der Waals surface area contributed by atoms with Gasteiger partial charge >= 0.3 is 0 Å². The number of aliphatic hydroxyl groups is 1. The minimum atomic E-state index is -0.698. The van der Waals surface area contributed by atoms with Crippen molar-refractivity contribution < 1.29 is 14.6 Å². The molecule has 1 saturated heterocycles. The molecule has 2 aliphatic rings. The molecule has 4 heteroatoms. The molecule has 0 spiro atoms. The molecule has 1 saturated carbocycles. The summed E-state index contributed by atoms with van der Waals surface area (Å²) in [6, 6.07) is 0. The smallest absolute Gasteiger partial charge is 0.249 e. The molecule has 4 nitrogen and oxygen atoms in total. The Morgan fingerprint density at radius 1 is 1.28 bits per heavy atom. The van der Waals surface area contributed by atoms with Crippen molar-refractivity contribution in [1.82, 2.24) is 5.32 Å². The van der Waals surface area contributed by atoms with Crippen LogP contribution in [0.4, 0.5) is 0 Å². The second kappa shape index (κ2) is 6.02. The van der Waals surface area contributed by atoms with Crippen molar-refractivity contribution >= 4 is 5.91 Å². The second-order valence-corrected chi connectivity index (χ2v) is 5.87. The van der Waals surface area contributed by atoms with Gasteiger partial charge in [0.25, 0.3) is 0 Å². The van der Waals surface area contributed by atoms with Gasteiger partial charge in [-0.2, -0.15) is 0 Å². The zero-order valence-electron chi connectivity index (χ0n) is 11.3. The van der Waals surface area contributed by atoms with Crippen LogP contribution in [-0.2, 0) is 9.53 Å². The molecular weight excluding hydrogens is 230 g/mol. The molecule has 0 aromatic rings. The Labute approximate surface area is 109 Å². The van der Waals surface area contributed by atoms with Crippen molar-refractivity contribution in [3.05, 3.63) is 0 Å². The predicted molar refractivity (Wildman–Crippen MR) is 69.2 cm³/mol. The van der Waals surface area contributed by atoms with E-state index in [-0.39, 0.29) is 18.1 Å². The third-order valence-corrected chi connectivity index (χ3v) is 4.15. The molecular formula is C14H25NO3. The summed E-state index contributed by atoms with van der Waals surface area (Å²) in [5.41, 5.74) is -0.698. The average molecular weight is 255 g/mol. The molecule has 1 aliphatic carbocycles. The standard InChI is InChI=1S/C14H25NO3/c1-11-6-7-12(18-11)13(16)15-10-14(17)8-4-2-3-5-9-14/h11-12,17H,2-10H2,1H3,(H,15,16). The van der Waals surface area contributed by atoms with Crippen molar-refractivity contribution in [2.24, 2.45) is 0 Å². The Bertz CT molecular complexity index is 285. The van der Waals surface area contributed by atoms with E-state index in [4.69, 9.17) is 4.74 Å². The van der Waals surface area contributed by atoms with Gasteiger partial charge in [-0.15, -0.1) is 0 Å². The minimum Gasteiger partial charge on any atom is -0.388 e. The molecule has 1 aliphatic heterocycles. The van der Waals surface area contributed by atoms with Crippen LogP contribution < -0.4 is 5.32 Å². The lowest BCUT2D eigenvalue weighted by atomic mass is 9.94. The molecule has 2 fully saturated rings. The first-order chi connectivity index (χ1) is 8.59. The minimum absolute atomic E-state index is 0.0583. The number of nitrogens with one attached hydrogen (secondary N) is 1. The summed E-state index contributed by atoms with van der Waals surface area (Å²) in [5, 5.41) is 13.3. The quantitative estimate of drug-likeness (QED) is 0.755. The van der Waals surface area contributed by atoms with E-state index in [1.54, 1.807) is 0 Å². The number of amides is 1. The monoisotopic (exact) mass is 255 g/mol. The molecule has 2 N–H and O–H groups in total. The molecule has 2 rings (SSSR count).